The molecule has 0 bridgehead atoms. The van der Waals surface area contributed by atoms with Crippen LogP contribution in [0.1, 0.15) is 17.4 Å². The number of aromatic nitrogens is 2. The second-order valence-corrected chi connectivity index (χ2v) is 5.67. The van der Waals surface area contributed by atoms with E-state index in [0.717, 1.165) is 15.5 Å². The fourth-order valence-corrected chi connectivity index (χ4v) is 2.23. The summed E-state index contributed by atoms with van der Waals surface area (Å²) in [5.41, 5.74) is 0.926. The predicted octanol–water partition coefficient (Wildman–Crippen LogP) is 3.69. The quantitative estimate of drug-likeness (QED) is 0.822. The molecule has 2 N–H and O–H groups in total. The van der Waals surface area contributed by atoms with Crippen molar-refractivity contribution in [1.82, 2.24) is 9.97 Å². The first-order valence-corrected chi connectivity index (χ1v) is 7.51. The molecule has 1 amide bonds. The Bertz CT molecular complexity index is 634. The van der Waals surface area contributed by atoms with Gasteiger partial charge in [0.1, 0.15) is 11.5 Å². The van der Waals surface area contributed by atoms with Gasteiger partial charge in [0, 0.05) is 15.5 Å². The molecule has 5 nitrogen and oxygen atoms in total. The normalized spacial score (nSPS) is 10.2. The maximum Gasteiger partial charge on any atom is 0.275 e. The van der Waals surface area contributed by atoms with E-state index < -0.39 is 0 Å². The first-order valence-electron chi connectivity index (χ1n) is 5.92. The molecule has 0 atom stereocenters. The van der Waals surface area contributed by atoms with Crippen LogP contribution < -0.4 is 10.6 Å². The summed E-state index contributed by atoms with van der Waals surface area (Å²) in [5, 5.41) is 5.81. The van der Waals surface area contributed by atoms with E-state index in [1.165, 1.54) is 6.20 Å². The lowest BCUT2D eigenvalue weighted by atomic mass is 10.3. The highest BCUT2D eigenvalue weighted by atomic mass is 79.9. The third-order valence-electron chi connectivity index (χ3n) is 2.40. The van der Waals surface area contributed by atoms with Crippen molar-refractivity contribution in [3.63, 3.8) is 0 Å². The van der Waals surface area contributed by atoms with Gasteiger partial charge in [0.25, 0.3) is 5.91 Å². The van der Waals surface area contributed by atoms with Gasteiger partial charge in [0.15, 0.2) is 0 Å². The molecule has 0 spiro atoms. The molecule has 1 aromatic heterocycles. The fourth-order valence-electron chi connectivity index (χ4n) is 1.52. The number of carbonyl (C=O) groups excluding carboxylic acids is 1. The van der Waals surface area contributed by atoms with Gasteiger partial charge in [-0.25, -0.2) is 4.98 Å². The monoisotopic (exact) mass is 398 g/mol. The fraction of sp³-hybridized carbons (Fsp3) is 0.154. The highest BCUT2D eigenvalue weighted by Gasteiger charge is 2.11. The molecule has 20 heavy (non-hydrogen) atoms. The van der Waals surface area contributed by atoms with Crippen LogP contribution >= 0.6 is 31.9 Å². The van der Waals surface area contributed by atoms with E-state index in [-0.39, 0.29) is 11.6 Å². The topological polar surface area (TPSA) is 66.9 Å². The molecule has 0 aliphatic carbocycles. The minimum absolute atomic E-state index is 0.260. The van der Waals surface area contributed by atoms with Crippen molar-refractivity contribution in [2.45, 2.75) is 6.92 Å². The van der Waals surface area contributed by atoms with Gasteiger partial charge in [-0.05, 0) is 41.1 Å². The highest BCUT2D eigenvalue weighted by Crippen LogP contribution is 2.26. The van der Waals surface area contributed by atoms with Gasteiger partial charge in [-0.2, -0.15) is 0 Å². The smallest absolute Gasteiger partial charge is 0.275 e. The second-order valence-electron chi connectivity index (χ2n) is 3.90. The van der Waals surface area contributed by atoms with E-state index in [0.29, 0.717) is 11.5 Å². The van der Waals surface area contributed by atoms with Crippen LogP contribution in [0.5, 0.6) is 0 Å². The van der Waals surface area contributed by atoms with Gasteiger partial charge in [-0.1, -0.05) is 15.9 Å². The zero-order valence-electron chi connectivity index (χ0n) is 10.7. The number of nitrogens with one attached hydrogen (secondary N) is 2. The lowest BCUT2D eigenvalue weighted by molar-refractivity contribution is 0.102. The molecule has 7 heteroatoms. The number of amides is 1. The van der Waals surface area contributed by atoms with E-state index in [9.17, 15) is 4.79 Å². The molecule has 0 unspecified atom stereocenters. The van der Waals surface area contributed by atoms with E-state index in [4.69, 9.17) is 0 Å². The summed E-state index contributed by atoms with van der Waals surface area (Å²) in [7, 11) is 0. The van der Waals surface area contributed by atoms with Crippen molar-refractivity contribution < 1.29 is 4.79 Å². The third-order valence-corrected chi connectivity index (χ3v) is 3.59. The second kappa shape index (κ2) is 6.81. The van der Waals surface area contributed by atoms with Crippen molar-refractivity contribution in [3.8, 4) is 0 Å². The minimum atomic E-state index is -0.309. The molecular weight excluding hydrogens is 388 g/mol. The van der Waals surface area contributed by atoms with Gasteiger partial charge >= 0.3 is 0 Å². The number of nitrogens with zero attached hydrogens (tertiary/aromatic N) is 2. The number of halogens is 2. The third kappa shape index (κ3) is 3.77. The summed E-state index contributed by atoms with van der Waals surface area (Å²) in [5.74, 6) is 0.268. The molecule has 0 saturated carbocycles. The maximum atomic E-state index is 12.2. The molecule has 0 saturated heterocycles. The summed E-state index contributed by atoms with van der Waals surface area (Å²) in [4.78, 5) is 20.4. The first-order chi connectivity index (χ1) is 9.60. The largest absolute Gasteiger partial charge is 0.369 e. The van der Waals surface area contributed by atoms with Crippen LogP contribution in [-0.4, -0.2) is 22.4 Å². The van der Waals surface area contributed by atoms with Crippen molar-refractivity contribution in [2.24, 2.45) is 0 Å². The Hall–Kier alpha value is -1.47. The Morgan fingerprint density at radius 3 is 2.85 bits per heavy atom. The molecule has 0 aliphatic heterocycles. The minimum Gasteiger partial charge on any atom is -0.369 e. The lowest BCUT2D eigenvalue weighted by Gasteiger charge is -2.08. The highest BCUT2D eigenvalue weighted by molar-refractivity contribution is 9.11. The Kier molecular flexibility index (Phi) is 5.08. The number of carbonyl (C=O) groups is 1. The van der Waals surface area contributed by atoms with Crippen LogP contribution in [0, 0.1) is 0 Å². The Balaban J connectivity index is 2.19. The first kappa shape index (κ1) is 14.9. The Labute approximate surface area is 133 Å². The van der Waals surface area contributed by atoms with Gasteiger partial charge in [-0.15, -0.1) is 0 Å². The molecule has 104 valence electrons. The van der Waals surface area contributed by atoms with Crippen molar-refractivity contribution in [3.05, 3.63) is 45.2 Å². The predicted molar refractivity (Wildman–Crippen MR) is 86.0 cm³/mol. The lowest BCUT2D eigenvalue weighted by Crippen LogP contribution is -2.15. The number of rotatable bonds is 4. The molecule has 1 aromatic carbocycles. The Morgan fingerprint density at radius 1 is 1.30 bits per heavy atom. The molecule has 0 radical (unpaired) electrons. The number of hydrogen-bond acceptors (Lipinski definition) is 4. The average molecular weight is 400 g/mol. The number of anilines is 2. The average Bonchev–Trinajstić information content (AvgIpc) is 2.43. The van der Waals surface area contributed by atoms with Gasteiger partial charge in [0.05, 0.1) is 18.1 Å². The summed E-state index contributed by atoms with van der Waals surface area (Å²) in [6.07, 6.45) is 3.01. The van der Waals surface area contributed by atoms with Crippen LogP contribution in [0.4, 0.5) is 11.5 Å². The van der Waals surface area contributed by atoms with Crippen molar-refractivity contribution >= 4 is 49.3 Å². The summed E-state index contributed by atoms with van der Waals surface area (Å²) in [6, 6.07) is 5.54. The van der Waals surface area contributed by atoms with Crippen LogP contribution in [0.15, 0.2) is 39.5 Å². The molecule has 2 aromatic rings. The standard InChI is InChI=1S/C13H12Br2N4O/c1-2-17-12-7-16-6-11(18-12)13(20)19-10-5-8(14)3-4-9(10)15/h3-7H,2H2,1H3,(H,17,18)(H,19,20). The summed E-state index contributed by atoms with van der Waals surface area (Å²) >= 11 is 6.75. The number of hydrogen-bond donors (Lipinski definition) is 2. The molecular formula is C13H12Br2N4O. The summed E-state index contributed by atoms with van der Waals surface area (Å²) < 4.78 is 1.67. The molecule has 0 fully saturated rings. The van der Waals surface area contributed by atoms with E-state index in [2.05, 4.69) is 52.5 Å². The van der Waals surface area contributed by atoms with Crippen LogP contribution in [0.2, 0.25) is 0 Å². The van der Waals surface area contributed by atoms with Gasteiger partial charge < -0.3 is 10.6 Å². The zero-order chi connectivity index (χ0) is 14.5. The SMILES string of the molecule is CCNc1cncc(C(=O)Nc2cc(Br)ccc2Br)n1. The molecule has 1 heterocycles. The van der Waals surface area contributed by atoms with Gasteiger partial charge in [0.2, 0.25) is 0 Å². The maximum absolute atomic E-state index is 12.2. The van der Waals surface area contributed by atoms with E-state index >= 15 is 0 Å². The van der Waals surface area contributed by atoms with Crippen LogP contribution in [0.3, 0.4) is 0 Å². The van der Waals surface area contributed by atoms with Crippen molar-refractivity contribution in [1.29, 1.82) is 0 Å². The zero-order valence-corrected chi connectivity index (χ0v) is 13.8. The van der Waals surface area contributed by atoms with Crippen LogP contribution in [0.25, 0.3) is 0 Å². The van der Waals surface area contributed by atoms with Gasteiger partial charge in [-0.3, -0.25) is 9.78 Å². The van der Waals surface area contributed by atoms with E-state index in [1.807, 2.05) is 25.1 Å². The number of benzene rings is 1. The van der Waals surface area contributed by atoms with Crippen molar-refractivity contribution in [2.75, 3.05) is 17.2 Å². The molecule has 0 aliphatic rings. The summed E-state index contributed by atoms with van der Waals surface area (Å²) in [6.45, 7) is 2.67. The Morgan fingerprint density at radius 2 is 2.10 bits per heavy atom. The molecule has 2 rings (SSSR count). The van der Waals surface area contributed by atoms with Crippen LogP contribution in [-0.2, 0) is 0 Å². The van der Waals surface area contributed by atoms with E-state index in [1.54, 1.807) is 6.20 Å².